The molecule has 0 atom stereocenters. The van der Waals surface area contributed by atoms with E-state index in [9.17, 15) is 23.5 Å². The van der Waals surface area contributed by atoms with Gasteiger partial charge in [0.1, 0.15) is 21.9 Å². The minimum absolute atomic E-state index is 0.0497. The average Bonchev–Trinajstić information content (AvgIpc) is 2.81. The number of hydrogen-bond donors (Lipinski definition) is 1. The number of rotatable bonds is 4. The average molecular weight is 463 g/mol. The Labute approximate surface area is 189 Å². The van der Waals surface area contributed by atoms with Crippen molar-refractivity contribution in [3.63, 3.8) is 0 Å². The quantitative estimate of drug-likeness (QED) is 0.367. The van der Waals surface area contributed by atoms with Gasteiger partial charge in [0.05, 0.1) is 12.1 Å². The molecule has 1 N–H and O–H groups in total. The van der Waals surface area contributed by atoms with Crippen LogP contribution in [0.15, 0.2) is 96.6 Å². The highest BCUT2D eigenvalue weighted by Gasteiger charge is 2.22. The van der Waals surface area contributed by atoms with E-state index in [2.05, 4.69) is 0 Å². The number of nitrogens with zero attached hydrogens (tertiary/aromatic N) is 1. The van der Waals surface area contributed by atoms with Crippen molar-refractivity contribution in [1.29, 1.82) is 0 Å². The van der Waals surface area contributed by atoms with Gasteiger partial charge in [-0.3, -0.25) is 4.79 Å². The van der Waals surface area contributed by atoms with E-state index in [-0.39, 0.29) is 22.4 Å². The summed E-state index contributed by atoms with van der Waals surface area (Å²) in [5, 5.41) is 11.2. The minimum Gasteiger partial charge on any atom is -0.505 e. The molecule has 0 spiro atoms. The molecule has 0 saturated heterocycles. The highest BCUT2D eigenvalue weighted by molar-refractivity contribution is 7.99. The lowest BCUT2D eigenvalue weighted by Gasteiger charge is -2.14. The fourth-order valence-corrected chi connectivity index (χ4v) is 4.54. The van der Waals surface area contributed by atoms with E-state index < -0.39 is 28.6 Å². The molecule has 0 saturated carbocycles. The predicted molar refractivity (Wildman–Crippen MR) is 122 cm³/mol. The van der Waals surface area contributed by atoms with Crippen LogP contribution in [0.3, 0.4) is 0 Å². The summed E-state index contributed by atoms with van der Waals surface area (Å²) in [4.78, 5) is 26.5. The molecule has 5 aromatic rings. The van der Waals surface area contributed by atoms with Crippen LogP contribution in [0.4, 0.5) is 8.78 Å². The summed E-state index contributed by atoms with van der Waals surface area (Å²) in [5.41, 5.74) is -0.784. The van der Waals surface area contributed by atoms with Crippen molar-refractivity contribution < 1.29 is 18.3 Å². The van der Waals surface area contributed by atoms with E-state index in [0.29, 0.717) is 21.4 Å². The van der Waals surface area contributed by atoms with Crippen molar-refractivity contribution in [2.24, 2.45) is 0 Å². The molecule has 8 heteroatoms. The summed E-state index contributed by atoms with van der Waals surface area (Å²) in [6, 6.07) is 18.2. The van der Waals surface area contributed by atoms with Crippen LogP contribution in [0.2, 0.25) is 0 Å². The van der Waals surface area contributed by atoms with Gasteiger partial charge in [-0.25, -0.2) is 13.6 Å². The van der Waals surface area contributed by atoms with Gasteiger partial charge in [0.25, 0.3) is 5.56 Å². The summed E-state index contributed by atoms with van der Waals surface area (Å²) in [5.74, 6) is -1.45. The molecule has 0 bridgehead atoms. The second-order valence-corrected chi connectivity index (χ2v) is 8.41. The van der Waals surface area contributed by atoms with Crippen LogP contribution in [0, 0.1) is 11.6 Å². The summed E-state index contributed by atoms with van der Waals surface area (Å²) in [6.07, 6.45) is 0. The summed E-state index contributed by atoms with van der Waals surface area (Å²) in [7, 11) is 0. The molecule has 3 aromatic carbocycles. The molecule has 2 heterocycles. The van der Waals surface area contributed by atoms with Crippen LogP contribution in [0.5, 0.6) is 5.75 Å². The number of hydrogen-bond acceptors (Lipinski definition) is 5. The van der Waals surface area contributed by atoms with Gasteiger partial charge in [0.2, 0.25) is 0 Å². The van der Waals surface area contributed by atoms with Gasteiger partial charge in [-0.2, -0.15) is 0 Å². The topological polar surface area (TPSA) is 72.4 Å². The lowest BCUT2D eigenvalue weighted by atomic mass is 10.1. The van der Waals surface area contributed by atoms with Gasteiger partial charge >= 0.3 is 5.63 Å². The second-order valence-electron chi connectivity index (χ2n) is 7.33. The third-order valence-corrected chi connectivity index (χ3v) is 6.35. The van der Waals surface area contributed by atoms with E-state index in [0.717, 1.165) is 11.8 Å². The fraction of sp³-hybridized carbons (Fsp3) is 0.0400. The Kier molecular flexibility index (Phi) is 5.22. The van der Waals surface area contributed by atoms with E-state index in [4.69, 9.17) is 4.42 Å². The number of para-hydroxylation sites is 1. The van der Waals surface area contributed by atoms with Crippen LogP contribution in [-0.2, 0) is 6.54 Å². The Morgan fingerprint density at radius 1 is 0.909 bits per heavy atom. The predicted octanol–water partition coefficient (Wildman–Crippen LogP) is 5.29. The van der Waals surface area contributed by atoms with E-state index in [1.54, 1.807) is 42.5 Å². The van der Waals surface area contributed by atoms with Crippen LogP contribution >= 0.6 is 11.8 Å². The van der Waals surface area contributed by atoms with E-state index in [1.165, 1.54) is 34.9 Å². The third-order valence-electron chi connectivity index (χ3n) is 5.28. The zero-order chi connectivity index (χ0) is 23.1. The number of aromatic hydroxyl groups is 1. The Morgan fingerprint density at radius 2 is 1.61 bits per heavy atom. The minimum atomic E-state index is -0.828. The van der Waals surface area contributed by atoms with Gasteiger partial charge in [-0.1, -0.05) is 42.1 Å². The molecule has 0 aliphatic heterocycles. The number of benzene rings is 3. The Hall–Kier alpha value is -3.91. The first-order valence-electron chi connectivity index (χ1n) is 9.92. The Bertz CT molecular complexity index is 1640. The first-order chi connectivity index (χ1) is 15.9. The van der Waals surface area contributed by atoms with Crippen molar-refractivity contribution in [1.82, 2.24) is 4.57 Å². The molecule has 0 aliphatic carbocycles. The van der Waals surface area contributed by atoms with Crippen LogP contribution < -0.4 is 11.2 Å². The number of aromatic nitrogens is 1. The van der Waals surface area contributed by atoms with E-state index in [1.807, 2.05) is 0 Å². The number of pyridine rings is 1. The van der Waals surface area contributed by atoms with E-state index >= 15 is 0 Å². The van der Waals surface area contributed by atoms with Crippen molar-refractivity contribution in [3.05, 3.63) is 111 Å². The highest BCUT2D eigenvalue weighted by atomic mass is 32.2. The molecule has 2 aromatic heterocycles. The molecule has 5 rings (SSSR count). The molecule has 0 radical (unpaired) electrons. The maximum atomic E-state index is 14.3. The smallest absolute Gasteiger partial charge is 0.354 e. The maximum Gasteiger partial charge on any atom is 0.354 e. The lowest BCUT2D eigenvalue weighted by molar-refractivity contribution is 0.446. The molecule has 33 heavy (non-hydrogen) atoms. The van der Waals surface area contributed by atoms with Crippen LogP contribution in [-0.4, -0.2) is 9.67 Å². The van der Waals surface area contributed by atoms with Crippen molar-refractivity contribution >= 4 is 33.6 Å². The van der Waals surface area contributed by atoms with Crippen molar-refractivity contribution in [2.45, 2.75) is 16.3 Å². The highest BCUT2D eigenvalue weighted by Crippen LogP contribution is 2.37. The molecule has 0 fully saturated rings. The van der Waals surface area contributed by atoms with Crippen molar-refractivity contribution in [2.75, 3.05) is 0 Å². The normalized spacial score (nSPS) is 11.3. The molecular weight excluding hydrogens is 448 g/mol. The van der Waals surface area contributed by atoms with Gasteiger partial charge < -0.3 is 14.1 Å². The summed E-state index contributed by atoms with van der Waals surface area (Å²) in [6.45, 7) is -0.0824. The standard InChI is InChI=1S/C25H15F2NO4S/c26-15-9-11-16(12-10-15)33-23-21(29)20-22(32-25(23)31)17-6-2-4-8-19(17)28(24(20)30)13-14-5-1-3-7-18(14)27/h1-12,29H,13H2. The zero-order valence-corrected chi connectivity index (χ0v) is 17.7. The number of fused-ring (bicyclic) bond motifs is 3. The van der Waals surface area contributed by atoms with Crippen LogP contribution in [0.1, 0.15) is 5.56 Å². The Morgan fingerprint density at radius 3 is 2.36 bits per heavy atom. The fourth-order valence-electron chi connectivity index (χ4n) is 3.71. The molecule has 0 aliphatic rings. The van der Waals surface area contributed by atoms with Gasteiger partial charge in [0, 0.05) is 15.8 Å². The first-order valence-corrected chi connectivity index (χ1v) is 10.7. The number of halogens is 2. The summed E-state index contributed by atoms with van der Waals surface area (Å²) >= 11 is 0.860. The first kappa shape index (κ1) is 21.0. The second kappa shape index (κ2) is 8.22. The largest absolute Gasteiger partial charge is 0.505 e. The van der Waals surface area contributed by atoms with Gasteiger partial charge in [-0.05, 0) is 42.5 Å². The van der Waals surface area contributed by atoms with Gasteiger partial charge in [0.15, 0.2) is 11.3 Å². The maximum absolute atomic E-state index is 14.3. The SMILES string of the molecule is O=c1oc2c(c(O)c1Sc1ccc(F)cc1)c(=O)n(Cc1ccccc1F)c1ccccc21. The molecule has 5 nitrogen and oxygen atoms in total. The summed E-state index contributed by atoms with van der Waals surface area (Å²) < 4.78 is 34.4. The van der Waals surface area contributed by atoms with Crippen molar-refractivity contribution in [3.8, 4) is 5.75 Å². The molecular formula is C25H15F2NO4S. The van der Waals surface area contributed by atoms with Gasteiger partial charge in [-0.15, -0.1) is 0 Å². The zero-order valence-electron chi connectivity index (χ0n) is 16.9. The monoisotopic (exact) mass is 463 g/mol. The molecule has 0 unspecified atom stereocenters. The molecule has 0 amide bonds. The van der Waals surface area contributed by atoms with Crippen LogP contribution in [0.25, 0.3) is 21.9 Å². The third kappa shape index (κ3) is 3.68. The lowest BCUT2D eigenvalue weighted by Crippen LogP contribution is -2.23. The molecule has 164 valence electrons. The Balaban J connectivity index is 1.78.